The van der Waals surface area contributed by atoms with Crippen LogP contribution in [0.3, 0.4) is 0 Å². The van der Waals surface area contributed by atoms with Gasteiger partial charge in [0.05, 0.1) is 23.9 Å². The Bertz CT molecular complexity index is 1640. The number of benzene rings is 3. The summed E-state index contributed by atoms with van der Waals surface area (Å²) in [6.45, 7) is 0. The predicted octanol–water partition coefficient (Wildman–Crippen LogP) is 7.64. The number of rotatable bonds is 7. The van der Waals surface area contributed by atoms with Crippen molar-refractivity contribution in [2.24, 2.45) is 0 Å². The Balaban J connectivity index is 1.37. The smallest absolute Gasteiger partial charge is 0.174 e. The minimum Gasteiger partial charge on any atom is -0.497 e. The highest BCUT2D eigenvalue weighted by atomic mass is 35.5. The molecule has 1 fully saturated rings. The molecule has 6 rings (SSSR count). The molecule has 0 radical (unpaired) electrons. The summed E-state index contributed by atoms with van der Waals surface area (Å²) >= 11 is 12.0. The number of pyridine rings is 1. The first-order chi connectivity index (χ1) is 19.5. The van der Waals surface area contributed by atoms with E-state index in [2.05, 4.69) is 15.2 Å². The molecule has 2 aromatic heterocycles. The van der Waals surface area contributed by atoms with Gasteiger partial charge in [-0.15, -0.1) is 0 Å². The Morgan fingerprint density at radius 3 is 2.25 bits per heavy atom. The van der Waals surface area contributed by atoms with E-state index in [1.165, 1.54) is 6.07 Å². The molecule has 0 amide bonds. The van der Waals surface area contributed by atoms with E-state index < -0.39 is 5.82 Å². The van der Waals surface area contributed by atoms with Gasteiger partial charge in [0.15, 0.2) is 5.11 Å². The van der Waals surface area contributed by atoms with Crippen molar-refractivity contribution in [1.29, 1.82) is 0 Å². The summed E-state index contributed by atoms with van der Waals surface area (Å²) in [5.74, 6) is 1.69. The number of nitrogens with zero attached hydrogens (tertiary/aromatic N) is 3. The molecule has 3 aromatic carbocycles. The zero-order valence-corrected chi connectivity index (χ0v) is 22.9. The maximum absolute atomic E-state index is 14.0. The highest BCUT2D eigenvalue weighted by Crippen LogP contribution is 2.43. The topological polar surface area (TPSA) is 51.6 Å². The third-order valence-electron chi connectivity index (χ3n) is 6.77. The van der Waals surface area contributed by atoms with Gasteiger partial charge in [0.25, 0.3) is 0 Å². The molecule has 0 aliphatic carbocycles. The fourth-order valence-electron chi connectivity index (χ4n) is 4.89. The number of hydrogen-bond acceptors (Lipinski definition) is 4. The Labute approximate surface area is 241 Å². The molecule has 0 spiro atoms. The van der Waals surface area contributed by atoms with Crippen molar-refractivity contribution in [1.82, 2.24) is 14.9 Å². The van der Waals surface area contributed by atoms with Crippen molar-refractivity contribution in [2.45, 2.75) is 12.1 Å². The molecule has 1 saturated heterocycles. The average Bonchev–Trinajstić information content (AvgIpc) is 3.60. The van der Waals surface area contributed by atoms with Gasteiger partial charge >= 0.3 is 0 Å². The van der Waals surface area contributed by atoms with E-state index in [1.54, 1.807) is 25.4 Å². The molecule has 40 heavy (non-hydrogen) atoms. The molecular weight excluding hydrogens is 547 g/mol. The summed E-state index contributed by atoms with van der Waals surface area (Å²) < 4.78 is 27.2. The Hall–Kier alpha value is -4.40. The zero-order chi connectivity index (χ0) is 27.6. The Morgan fingerprint density at radius 2 is 1.57 bits per heavy atom. The van der Waals surface area contributed by atoms with Crippen LogP contribution in [0.2, 0.25) is 5.02 Å². The SMILES string of the molecule is COc1ccc(Oc2ccc(N3C(=S)N[C@H](c4ccccn4)[C@H]3c3cccn3-c3ccc(F)c(Cl)c3)cc2)cc1. The fourth-order valence-corrected chi connectivity index (χ4v) is 5.41. The largest absolute Gasteiger partial charge is 0.497 e. The van der Waals surface area contributed by atoms with Crippen molar-refractivity contribution in [3.8, 4) is 22.9 Å². The normalized spacial score (nSPS) is 16.6. The maximum Gasteiger partial charge on any atom is 0.174 e. The molecule has 6 nitrogen and oxygen atoms in total. The minimum absolute atomic E-state index is 0.0581. The third-order valence-corrected chi connectivity index (χ3v) is 7.38. The van der Waals surface area contributed by atoms with Crippen LogP contribution in [0.15, 0.2) is 109 Å². The lowest BCUT2D eigenvalue weighted by molar-refractivity contribution is 0.413. The van der Waals surface area contributed by atoms with Crippen LogP contribution in [0.25, 0.3) is 5.69 Å². The number of methoxy groups -OCH3 is 1. The van der Waals surface area contributed by atoms with E-state index in [9.17, 15) is 4.39 Å². The van der Waals surface area contributed by atoms with Gasteiger partial charge in [-0.25, -0.2) is 4.39 Å². The molecule has 200 valence electrons. The molecule has 2 atom stereocenters. The molecule has 0 bridgehead atoms. The van der Waals surface area contributed by atoms with Crippen LogP contribution in [0.4, 0.5) is 10.1 Å². The molecule has 0 unspecified atom stereocenters. The van der Waals surface area contributed by atoms with E-state index in [-0.39, 0.29) is 17.1 Å². The number of halogens is 2. The van der Waals surface area contributed by atoms with Gasteiger partial charge < -0.3 is 24.3 Å². The molecule has 1 aliphatic rings. The summed E-state index contributed by atoms with van der Waals surface area (Å²) in [7, 11) is 1.63. The van der Waals surface area contributed by atoms with Gasteiger partial charge in [-0.2, -0.15) is 0 Å². The summed E-state index contributed by atoms with van der Waals surface area (Å²) in [5, 5.41) is 4.10. The van der Waals surface area contributed by atoms with Gasteiger partial charge in [-0.3, -0.25) is 4.98 Å². The molecule has 9 heteroatoms. The lowest BCUT2D eigenvalue weighted by atomic mass is 10.0. The first kappa shape index (κ1) is 25.9. The van der Waals surface area contributed by atoms with E-state index in [0.29, 0.717) is 16.6 Å². The first-order valence-electron chi connectivity index (χ1n) is 12.6. The number of ether oxygens (including phenoxy) is 2. The van der Waals surface area contributed by atoms with Crippen LogP contribution >= 0.6 is 23.8 Å². The number of nitrogens with one attached hydrogen (secondary N) is 1. The predicted molar refractivity (Wildman–Crippen MR) is 158 cm³/mol. The van der Waals surface area contributed by atoms with Gasteiger partial charge in [-0.05, 0) is 103 Å². The number of hydrogen-bond donors (Lipinski definition) is 1. The number of anilines is 1. The summed E-state index contributed by atoms with van der Waals surface area (Å²) in [5.41, 5.74) is 3.41. The van der Waals surface area contributed by atoms with Gasteiger partial charge in [0.2, 0.25) is 0 Å². The molecule has 0 saturated carbocycles. The van der Waals surface area contributed by atoms with Crippen LogP contribution in [-0.4, -0.2) is 21.8 Å². The van der Waals surface area contributed by atoms with E-state index >= 15 is 0 Å². The molecule has 5 aromatic rings. The van der Waals surface area contributed by atoms with Gasteiger partial charge in [-0.1, -0.05) is 17.7 Å². The third kappa shape index (κ3) is 4.99. The minimum atomic E-state index is -0.465. The molecule has 3 heterocycles. The second kappa shape index (κ2) is 11.0. The van der Waals surface area contributed by atoms with Crippen LogP contribution in [0.5, 0.6) is 17.2 Å². The lowest BCUT2D eigenvalue weighted by Gasteiger charge is -2.29. The fraction of sp³-hybridized carbons (Fsp3) is 0.0968. The number of thiocarbonyl (C=S) groups is 1. The summed E-state index contributed by atoms with van der Waals surface area (Å²) in [6, 6.07) is 29.2. The van der Waals surface area contributed by atoms with Crippen molar-refractivity contribution in [3.05, 3.63) is 132 Å². The van der Waals surface area contributed by atoms with Crippen molar-refractivity contribution in [2.75, 3.05) is 12.0 Å². The first-order valence-corrected chi connectivity index (χ1v) is 13.4. The van der Waals surface area contributed by atoms with Crippen molar-refractivity contribution in [3.63, 3.8) is 0 Å². The Morgan fingerprint density at radius 1 is 0.875 bits per heavy atom. The van der Waals surface area contributed by atoms with E-state index in [1.807, 2.05) is 89.6 Å². The van der Waals surface area contributed by atoms with Gasteiger partial charge in [0.1, 0.15) is 29.1 Å². The molecular formula is C31H24ClFN4O2S. The molecule has 1 N–H and O–H groups in total. The molecule has 1 aliphatic heterocycles. The summed E-state index contributed by atoms with van der Waals surface area (Å²) in [6.07, 6.45) is 3.70. The maximum atomic E-state index is 14.0. The van der Waals surface area contributed by atoms with Gasteiger partial charge in [0, 0.05) is 29.5 Å². The van der Waals surface area contributed by atoms with E-state index in [4.69, 9.17) is 33.3 Å². The second-order valence-corrected chi connectivity index (χ2v) is 9.96. The second-order valence-electron chi connectivity index (χ2n) is 9.17. The quantitative estimate of drug-likeness (QED) is 0.203. The highest BCUT2D eigenvalue weighted by Gasteiger charge is 2.42. The van der Waals surface area contributed by atoms with Crippen LogP contribution in [0, 0.1) is 5.82 Å². The van der Waals surface area contributed by atoms with Crippen molar-refractivity contribution >= 4 is 34.6 Å². The van der Waals surface area contributed by atoms with Crippen LogP contribution in [-0.2, 0) is 0 Å². The van der Waals surface area contributed by atoms with Crippen molar-refractivity contribution < 1.29 is 13.9 Å². The standard InChI is InChI=1S/C31H24ClFN4O2S/c1-38-22-12-14-24(15-13-22)39-23-10-7-20(8-11-23)37-30(29(35-31(37)40)27-5-2-3-17-34-27)28-6-4-18-36(28)21-9-16-26(33)25(32)19-21/h2-19,29-30H,1H3,(H,35,40)/t29-,30-/m1/s1. The highest BCUT2D eigenvalue weighted by molar-refractivity contribution is 7.80. The average molecular weight is 571 g/mol. The Kier molecular flexibility index (Phi) is 7.11. The number of aromatic nitrogens is 2. The van der Waals surface area contributed by atoms with E-state index in [0.717, 1.165) is 28.5 Å². The van der Waals surface area contributed by atoms with Crippen LogP contribution in [0.1, 0.15) is 23.5 Å². The monoisotopic (exact) mass is 570 g/mol. The lowest BCUT2D eigenvalue weighted by Crippen LogP contribution is -2.30. The zero-order valence-electron chi connectivity index (χ0n) is 21.4. The van der Waals surface area contributed by atoms with Crippen LogP contribution < -0.4 is 19.7 Å². The summed E-state index contributed by atoms with van der Waals surface area (Å²) in [4.78, 5) is 6.70.